The maximum absolute atomic E-state index is 14.4. The van der Waals surface area contributed by atoms with Crippen molar-refractivity contribution in [2.75, 3.05) is 18.9 Å². The third-order valence-electron chi connectivity index (χ3n) is 5.01. The van der Waals surface area contributed by atoms with E-state index in [0.717, 1.165) is 24.2 Å². The largest absolute Gasteiger partial charge is 0.462 e. The van der Waals surface area contributed by atoms with Crippen molar-refractivity contribution in [2.24, 2.45) is 0 Å². The summed E-state index contributed by atoms with van der Waals surface area (Å²) in [6.07, 6.45) is 1.89. The molecule has 2 heterocycles. The molecule has 1 fully saturated rings. The van der Waals surface area contributed by atoms with Gasteiger partial charge in [0.25, 0.3) is 0 Å². The average Bonchev–Trinajstić information content (AvgIpc) is 3.45. The van der Waals surface area contributed by atoms with Crippen molar-refractivity contribution in [1.29, 1.82) is 0 Å². The van der Waals surface area contributed by atoms with Crippen LogP contribution in [0.1, 0.15) is 58.3 Å². The van der Waals surface area contributed by atoms with Crippen LogP contribution in [-0.2, 0) is 15.2 Å². The van der Waals surface area contributed by atoms with E-state index in [4.69, 9.17) is 15.2 Å². The van der Waals surface area contributed by atoms with E-state index in [9.17, 15) is 14.0 Å². The van der Waals surface area contributed by atoms with Gasteiger partial charge < -0.3 is 15.2 Å². The summed E-state index contributed by atoms with van der Waals surface area (Å²) >= 11 is 2.31. The van der Waals surface area contributed by atoms with E-state index in [0.29, 0.717) is 22.1 Å². The van der Waals surface area contributed by atoms with Crippen LogP contribution >= 0.6 is 23.1 Å². The Labute approximate surface area is 198 Å². The first kappa shape index (κ1) is 23.2. The van der Waals surface area contributed by atoms with Gasteiger partial charge in [-0.15, -0.1) is 21.5 Å². The van der Waals surface area contributed by atoms with Gasteiger partial charge in [-0.25, -0.2) is 14.0 Å². The van der Waals surface area contributed by atoms with Crippen LogP contribution in [0.5, 0.6) is 0 Å². The molecule has 1 saturated carbocycles. The third-order valence-corrected chi connectivity index (χ3v) is 7.02. The molecule has 1 aliphatic carbocycles. The Bertz CT molecular complexity index is 1190. The van der Waals surface area contributed by atoms with Crippen molar-refractivity contribution in [1.82, 2.24) is 14.8 Å². The molecule has 4 rings (SSSR count). The van der Waals surface area contributed by atoms with Crippen LogP contribution in [0.4, 0.5) is 9.39 Å². The summed E-state index contributed by atoms with van der Waals surface area (Å²) in [6, 6.07) is 6.62. The number of esters is 2. The Balaban J connectivity index is 1.69. The second kappa shape index (κ2) is 9.92. The molecule has 0 atom stereocenters. The van der Waals surface area contributed by atoms with E-state index < -0.39 is 11.9 Å². The molecule has 1 aromatic carbocycles. The molecule has 1 aliphatic rings. The van der Waals surface area contributed by atoms with E-state index in [1.54, 1.807) is 32.0 Å². The summed E-state index contributed by atoms with van der Waals surface area (Å²) in [5.41, 5.74) is 7.08. The summed E-state index contributed by atoms with van der Waals surface area (Å²) in [7, 11) is 0. The molecule has 0 radical (unpaired) electrons. The molecule has 11 heteroatoms. The first-order valence-corrected chi connectivity index (χ1v) is 12.3. The number of hydrogen-bond acceptors (Lipinski definition) is 9. The summed E-state index contributed by atoms with van der Waals surface area (Å²) in [4.78, 5) is 25.4. The van der Waals surface area contributed by atoms with E-state index in [-0.39, 0.29) is 46.3 Å². The number of halogens is 1. The fraction of sp³-hybridized carbons (Fsp3) is 0.364. The van der Waals surface area contributed by atoms with Crippen LogP contribution in [0, 0.1) is 5.82 Å². The molecule has 0 aliphatic heterocycles. The van der Waals surface area contributed by atoms with Gasteiger partial charge in [0.05, 0.1) is 24.3 Å². The van der Waals surface area contributed by atoms with Gasteiger partial charge in [-0.2, -0.15) is 0 Å². The van der Waals surface area contributed by atoms with E-state index in [2.05, 4.69) is 10.2 Å². The van der Waals surface area contributed by atoms with Crippen LogP contribution in [0.15, 0.2) is 29.4 Å². The molecule has 0 spiro atoms. The summed E-state index contributed by atoms with van der Waals surface area (Å²) in [6.45, 7) is 3.78. The Morgan fingerprint density at radius 1 is 1.18 bits per heavy atom. The van der Waals surface area contributed by atoms with E-state index >= 15 is 0 Å². The second-order valence-electron chi connectivity index (χ2n) is 7.27. The highest BCUT2D eigenvalue weighted by atomic mass is 32.2. The smallest absolute Gasteiger partial charge is 0.348 e. The van der Waals surface area contributed by atoms with Gasteiger partial charge in [0.2, 0.25) is 0 Å². The van der Waals surface area contributed by atoms with Gasteiger partial charge in [-0.3, -0.25) is 4.57 Å². The molecule has 174 valence electrons. The molecule has 2 aromatic heterocycles. The quantitative estimate of drug-likeness (QED) is 0.339. The topological polar surface area (TPSA) is 109 Å². The molecule has 0 bridgehead atoms. The number of thiophene rings is 1. The lowest BCUT2D eigenvalue weighted by atomic mass is 10.1. The molecule has 0 saturated heterocycles. The molecule has 0 unspecified atom stereocenters. The minimum absolute atomic E-state index is 0.171. The number of nitrogens with zero attached hydrogens (tertiary/aromatic N) is 3. The zero-order valence-corrected chi connectivity index (χ0v) is 19.8. The lowest BCUT2D eigenvalue weighted by Crippen LogP contribution is -2.11. The van der Waals surface area contributed by atoms with Crippen molar-refractivity contribution in [3.63, 3.8) is 0 Å². The van der Waals surface area contributed by atoms with Gasteiger partial charge in [0.15, 0.2) is 11.0 Å². The maximum Gasteiger partial charge on any atom is 0.348 e. The number of anilines is 1. The predicted molar refractivity (Wildman–Crippen MR) is 124 cm³/mol. The number of benzene rings is 1. The van der Waals surface area contributed by atoms with E-state index in [1.807, 2.05) is 4.57 Å². The standard InChI is InChI=1S/C22H23FN4O4S2/c1-3-30-20(28)16-14(17(33-18(16)24)21(29)31-4-2)11-32-22-26-25-19(27(22)12-9-10-12)13-7-5-6-8-15(13)23/h5-8,12H,3-4,9-11,24H2,1-2H3. The lowest BCUT2D eigenvalue weighted by molar-refractivity contribution is 0.0527. The van der Waals surface area contributed by atoms with E-state index in [1.165, 1.54) is 17.8 Å². The van der Waals surface area contributed by atoms with Gasteiger partial charge in [0, 0.05) is 17.4 Å². The zero-order valence-electron chi connectivity index (χ0n) is 18.2. The summed E-state index contributed by atoms with van der Waals surface area (Å²) in [5, 5.41) is 9.31. The Morgan fingerprint density at radius 2 is 1.88 bits per heavy atom. The number of ether oxygens (including phenoxy) is 2. The zero-order chi connectivity index (χ0) is 23.5. The van der Waals surface area contributed by atoms with Crippen molar-refractivity contribution in [3.05, 3.63) is 46.1 Å². The van der Waals surface area contributed by atoms with Crippen molar-refractivity contribution < 1.29 is 23.5 Å². The van der Waals surface area contributed by atoms with Gasteiger partial charge >= 0.3 is 11.9 Å². The highest BCUT2D eigenvalue weighted by Crippen LogP contribution is 2.43. The SMILES string of the molecule is CCOC(=O)c1sc(N)c(C(=O)OCC)c1CSc1nnc(-c2ccccc2F)n1C1CC1. The van der Waals surface area contributed by atoms with Crippen LogP contribution in [-0.4, -0.2) is 39.9 Å². The van der Waals surface area contributed by atoms with Crippen molar-refractivity contribution in [2.45, 2.75) is 43.6 Å². The first-order chi connectivity index (χ1) is 16.0. The monoisotopic (exact) mass is 490 g/mol. The summed E-state index contributed by atoms with van der Waals surface area (Å²) in [5.74, 6) is -0.829. The van der Waals surface area contributed by atoms with Gasteiger partial charge in [-0.05, 0) is 38.8 Å². The number of carbonyl (C=O) groups excluding carboxylic acids is 2. The van der Waals surface area contributed by atoms with Crippen LogP contribution < -0.4 is 5.73 Å². The number of carbonyl (C=O) groups is 2. The van der Waals surface area contributed by atoms with Crippen LogP contribution in [0.2, 0.25) is 0 Å². The fourth-order valence-corrected chi connectivity index (χ4v) is 5.51. The first-order valence-electron chi connectivity index (χ1n) is 10.5. The molecule has 2 N–H and O–H groups in total. The fourth-order valence-electron chi connectivity index (χ4n) is 3.41. The van der Waals surface area contributed by atoms with Crippen LogP contribution in [0.3, 0.4) is 0 Å². The minimum Gasteiger partial charge on any atom is -0.462 e. The number of aromatic nitrogens is 3. The van der Waals surface area contributed by atoms with Gasteiger partial charge in [0.1, 0.15) is 15.7 Å². The van der Waals surface area contributed by atoms with Crippen molar-refractivity contribution >= 4 is 40.0 Å². The minimum atomic E-state index is -0.590. The third kappa shape index (κ3) is 4.74. The number of nitrogens with two attached hydrogens (primary N) is 1. The van der Waals surface area contributed by atoms with Gasteiger partial charge in [-0.1, -0.05) is 23.9 Å². The number of hydrogen-bond donors (Lipinski definition) is 1. The Kier molecular flexibility index (Phi) is 6.99. The maximum atomic E-state index is 14.4. The normalized spacial score (nSPS) is 13.2. The Morgan fingerprint density at radius 3 is 2.55 bits per heavy atom. The molecule has 3 aromatic rings. The Hall–Kier alpha value is -2.92. The second-order valence-corrected chi connectivity index (χ2v) is 9.26. The van der Waals surface area contributed by atoms with Crippen molar-refractivity contribution in [3.8, 4) is 11.4 Å². The summed E-state index contributed by atoms with van der Waals surface area (Å²) < 4.78 is 26.7. The average molecular weight is 491 g/mol. The number of thioether (sulfide) groups is 1. The number of rotatable bonds is 9. The molecular weight excluding hydrogens is 467 g/mol. The predicted octanol–water partition coefficient (Wildman–Crippen LogP) is 4.71. The molecule has 0 amide bonds. The lowest BCUT2D eigenvalue weighted by Gasteiger charge is -2.10. The molecular formula is C22H23FN4O4S2. The van der Waals surface area contributed by atoms with Crippen LogP contribution in [0.25, 0.3) is 11.4 Å². The highest BCUT2D eigenvalue weighted by molar-refractivity contribution is 7.98. The highest BCUT2D eigenvalue weighted by Gasteiger charge is 2.32. The molecule has 33 heavy (non-hydrogen) atoms. The molecule has 8 nitrogen and oxygen atoms in total. The number of nitrogen functional groups attached to an aromatic ring is 1.